The molecule has 1 aromatic carbocycles. The zero-order valence-electron chi connectivity index (χ0n) is 12.7. The molecule has 0 unspecified atom stereocenters. The van der Waals surface area contributed by atoms with Crippen LogP contribution >= 0.6 is 11.6 Å². The van der Waals surface area contributed by atoms with Gasteiger partial charge in [0.1, 0.15) is 5.82 Å². The molecule has 0 bridgehead atoms. The Balaban J connectivity index is 2.18. The highest BCUT2D eigenvalue weighted by Gasteiger charge is 2.23. The molecule has 0 radical (unpaired) electrons. The Morgan fingerprint density at radius 1 is 1.20 bits per heavy atom. The first kappa shape index (κ1) is 15.8. The summed E-state index contributed by atoms with van der Waals surface area (Å²) in [6.45, 7) is 6.06. The van der Waals surface area contributed by atoms with Crippen LogP contribution in [-0.4, -0.2) is 6.04 Å². The van der Waals surface area contributed by atoms with Crippen LogP contribution in [0.3, 0.4) is 0 Å². The van der Waals surface area contributed by atoms with Gasteiger partial charge in [-0.05, 0) is 60.6 Å². The first-order valence-electron chi connectivity index (χ1n) is 7.51. The molecule has 2 N–H and O–H groups in total. The van der Waals surface area contributed by atoms with Gasteiger partial charge in [0.25, 0.3) is 0 Å². The normalized spacial score (nSPS) is 23.9. The molecule has 1 fully saturated rings. The van der Waals surface area contributed by atoms with Gasteiger partial charge in [-0.3, -0.25) is 0 Å². The van der Waals surface area contributed by atoms with Crippen molar-refractivity contribution in [3.63, 3.8) is 0 Å². The monoisotopic (exact) mass is 297 g/mol. The smallest absolute Gasteiger partial charge is 0.145 e. The van der Waals surface area contributed by atoms with Gasteiger partial charge in [-0.25, -0.2) is 4.39 Å². The minimum Gasteiger partial charge on any atom is -0.328 e. The van der Waals surface area contributed by atoms with Crippen molar-refractivity contribution in [2.45, 2.75) is 64.3 Å². The van der Waals surface area contributed by atoms with Crippen LogP contribution in [0.5, 0.6) is 0 Å². The van der Waals surface area contributed by atoms with E-state index in [-0.39, 0.29) is 16.3 Å². The average molecular weight is 298 g/mol. The van der Waals surface area contributed by atoms with Crippen molar-refractivity contribution in [3.05, 3.63) is 34.1 Å². The van der Waals surface area contributed by atoms with Gasteiger partial charge in [0, 0.05) is 6.04 Å². The summed E-state index contributed by atoms with van der Waals surface area (Å²) in [6.07, 6.45) is 5.52. The number of nitrogens with two attached hydrogens (primary N) is 1. The number of hydrogen-bond donors (Lipinski definition) is 1. The Hall–Kier alpha value is -0.600. The van der Waals surface area contributed by atoms with Crippen molar-refractivity contribution in [2.24, 2.45) is 11.7 Å². The zero-order valence-corrected chi connectivity index (χ0v) is 13.4. The zero-order chi connectivity index (χ0) is 14.9. The van der Waals surface area contributed by atoms with Gasteiger partial charge in [0.05, 0.1) is 5.02 Å². The molecule has 1 saturated carbocycles. The van der Waals surface area contributed by atoms with Gasteiger partial charge < -0.3 is 5.73 Å². The fourth-order valence-electron chi connectivity index (χ4n) is 3.03. The third-order valence-electron chi connectivity index (χ3n) is 4.31. The van der Waals surface area contributed by atoms with E-state index in [4.69, 9.17) is 17.3 Å². The van der Waals surface area contributed by atoms with E-state index < -0.39 is 0 Å². The predicted octanol–water partition coefficient (Wildman–Crippen LogP) is 4.84. The Morgan fingerprint density at radius 3 is 2.35 bits per heavy atom. The summed E-state index contributed by atoms with van der Waals surface area (Å²) in [5.74, 6) is 0.387. The van der Waals surface area contributed by atoms with Gasteiger partial charge >= 0.3 is 0 Å². The van der Waals surface area contributed by atoms with Crippen LogP contribution in [0.25, 0.3) is 0 Å². The van der Waals surface area contributed by atoms with Crippen LogP contribution in [0.2, 0.25) is 5.02 Å². The first-order chi connectivity index (χ1) is 9.27. The average Bonchev–Trinajstić information content (AvgIpc) is 2.35. The molecule has 0 aromatic heterocycles. The minimum absolute atomic E-state index is 0.224. The molecule has 3 heteroatoms. The summed E-state index contributed by atoms with van der Waals surface area (Å²) >= 11 is 6.07. The third-order valence-corrected chi connectivity index (χ3v) is 4.59. The molecule has 0 amide bonds. The molecular formula is C17H25ClFN. The lowest BCUT2D eigenvalue weighted by atomic mass is 9.81. The molecule has 1 nitrogen and oxygen atoms in total. The van der Waals surface area contributed by atoms with Crippen molar-refractivity contribution in [1.82, 2.24) is 0 Å². The number of halogens is 2. The van der Waals surface area contributed by atoms with Gasteiger partial charge in [-0.15, -0.1) is 0 Å². The van der Waals surface area contributed by atoms with E-state index in [0.717, 1.165) is 24.8 Å². The maximum absolute atomic E-state index is 14.2. The summed E-state index contributed by atoms with van der Waals surface area (Å²) in [6, 6.07) is 4.16. The fraction of sp³-hybridized carbons (Fsp3) is 0.647. The van der Waals surface area contributed by atoms with E-state index in [2.05, 4.69) is 0 Å². The number of rotatable bonds is 2. The van der Waals surface area contributed by atoms with Crippen LogP contribution in [0, 0.1) is 11.7 Å². The van der Waals surface area contributed by atoms with Gasteiger partial charge in [-0.1, -0.05) is 38.4 Å². The summed E-state index contributed by atoms with van der Waals surface area (Å²) < 4.78 is 14.2. The van der Waals surface area contributed by atoms with Crippen molar-refractivity contribution in [1.29, 1.82) is 0 Å². The van der Waals surface area contributed by atoms with Crippen LogP contribution in [0.1, 0.15) is 57.6 Å². The van der Waals surface area contributed by atoms with Crippen molar-refractivity contribution < 1.29 is 4.39 Å². The fourth-order valence-corrected chi connectivity index (χ4v) is 3.28. The Morgan fingerprint density at radius 2 is 1.80 bits per heavy atom. The molecule has 0 saturated heterocycles. The van der Waals surface area contributed by atoms with Crippen LogP contribution < -0.4 is 5.73 Å². The Bertz CT molecular complexity index is 471. The van der Waals surface area contributed by atoms with Crippen molar-refractivity contribution in [3.8, 4) is 0 Å². The molecule has 0 atom stereocenters. The predicted molar refractivity (Wildman–Crippen MR) is 83.7 cm³/mol. The van der Waals surface area contributed by atoms with Crippen LogP contribution in [0.4, 0.5) is 4.39 Å². The Kier molecular flexibility index (Phi) is 4.76. The minimum atomic E-state index is -0.270. The van der Waals surface area contributed by atoms with Crippen molar-refractivity contribution >= 4 is 11.6 Å². The molecule has 2 rings (SSSR count). The first-order valence-corrected chi connectivity index (χ1v) is 7.89. The molecule has 0 spiro atoms. The van der Waals surface area contributed by atoms with Crippen LogP contribution in [0.15, 0.2) is 12.1 Å². The number of hydrogen-bond acceptors (Lipinski definition) is 1. The van der Waals surface area contributed by atoms with Crippen LogP contribution in [-0.2, 0) is 11.8 Å². The second-order valence-electron chi connectivity index (χ2n) is 7.17. The standard InChI is InChI=1S/C17H25ClFN/c1-17(2,3)14-9-12(10-15(18)16(14)19)8-11-4-6-13(20)7-5-11/h9-11,13H,4-8,20H2,1-3H3. The lowest BCUT2D eigenvalue weighted by molar-refractivity contribution is 0.324. The second kappa shape index (κ2) is 6.03. The molecule has 20 heavy (non-hydrogen) atoms. The summed E-state index contributed by atoms with van der Waals surface area (Å²) in [5, 5.41) is 0.250. The second-order valence-corrected chi connectivity index (χ2v) is 7.58. The van der Waals surface area contributed by atoms with E-state index in [1.54, 1.807) is 6.07 Å². The lowest BCUT2D eigenvalue weighted by Crippen LogP contribution is -2.27. The molecular weight excluding hydrogens is 273 g/mol. The van der Waals surface area contributed by atoms with E-state index in [1.807, 2.05) is 26.8 Å². The molecule has 1 aliphatic rings. The van der Waals surface area contributed by atoms with Gasteiger partial charge in [0.15, 0.2) is 0 Å². The SMILES string of the molecule is CC(C)(C)c1cc(CC2CCC(N)CC2)cc(Cl)c1F. The largest absolute Gasteiger partial charge is 0.328 e. The third kappa shape index (κ3) is 3.73. The molecule has 0 heterocycles. The molecule has 1 aromatic rings. The molecule has 0 aliphatic heterocycles. The van der Waals surface area contributed by atoms with E-state index >= 15 is 0 Å². The summed E-state index contributed by atoms with van der Waals surface area (Å²) in [5.41, 5.74) is 7.59. The lowest BCUT2D eigenvalue weighted by Gasteiger charge is -2.27. The number of benzene rings is 1. The van der Waals surface area contributed by atoms with E-state index in [1.165, 1.54) is 12.8 Å². The highest BCUT2D eigenvalue weighted by Crippen LogP contribution is 2.33. The maximum atomic E-state index is 14.2. The molecule has 112 valence electrons. The maximum Gasteiger partial charge on any atom is 0.145 e. The van der Waals surface area contributed by atoms with E-state index in [9.17, 15) is 4.39 Å². The Labute approximate surface area is 126 Å². The molecule has 1 aliphatic carbocycles. The highest BCUT2D eigenvalue weighted by molar-refractivity contribution is 6.30. The summed E-state index contributed by atoms with van der Waals surface area (Å²) in [4.78, 5) is 0. The van der Waals surface area contributed by atoms with Crippen molar-refractivity contribution in [2.75, 3.05) is 0 Å². The quantitative estimate of drug-likeness (QED) is 0.831. The van der Waals surface area contributed by atoms with Gasteiger partial charge in [0.2, 0.25) is 0 Å². The van der Waals surface area contributed by atoms with Gasteiger partial charge in [-0.2, -0.15) is 0 Å². The topological polar surface area (TPSA) is 26.0 Å². The van der Waals surface area contributed by atoms with E-state index in [0.29, 0.717) is 17.5 Å². The highest BCUT2D eigenvalue weighted by atomic mass is 35.5. The summed E-state index contributed by atoms with van der Waals surface area (Å²) in [7, 11) is 0.